The van der Waals surface area contributed by atoms with Crippen molar-refractivity contribution in [3.05, 3.63) is 23.8 Å². The van der Waals surface area contributed by atoms with Crippen LogP contribution in [0.25, 0.3) is 10.2 Å². The van der Waals surface area contributed by atoms with Gasteiger partial charge in [0.25, 0.3) is 0 Å². The van der Waals surface area contributed by atoms with Gasteiger partial charge in [0.15, 0.2) is 5.13 Å². The molecule has 0 saturated carbocycles. The number of carbonyl (C=O) groups is 1. The summed E-state index contributed by atoms with van der Waals surface area (Å²) >= 11 is 1.51. The Balaban J connectivity index is 1.54. The molecule has 1 aliphatic heterocycles. The lowest BCUT2D eigenvalue weighted by Gasteiger charge is -2.32. The van der Waals surface area contributed by atoms with Crippen LogP contribution in [0.5, 0.6) is 0 Å². The third-order valence-electron chi connectivity index (χ3n) is 4.47. The summed E-state index contributed by atoms with van der Waals surface area (Å²) in [6.07, 6.45) is 1.65. The summed E-state index contributed by atoms with van der Waals surface area (Å²) in [5, 5.41) is 13.2. The Kier molecular flexibility index (Phi) is 4.94. The van der Waals surface area contributed by atoms with Crippen LogP contribution in [0.15, 0.2) is 18.2 Å². The number of amides is 1. The van der Waals surface area contributed by atoms with Crippen LogP contribution in [0.1, 0.15) is 25.3 Å². The van der Waals surface area contributed by atoms with E-state index in [4.69, 9.17) is 0 Å². The number of anilines is 1. The van der Waals surface area contributed by atoms with Crippen molar-refractivity contribution in [1.29, 1.82) is 0 Å². The monoisotopic (exact) mass is 333 g/mol. The van der Waals surface area contributed by atoms with Gasteiger partial charge in [0.1, 0.15) is 0 Å². The largest absolute Gasteiger partial charge is 0.393 e. The highest BCUT2D eigenvalue weighted by molar-refractivity contribution is 7.22. The molecule has 0 bridgehead atoms. The fourth-order valence-corrected chi connectivity index (χ4v) is 4.02. The molecule has 1 fully saturated rings. The summed E-state index contributed by atoms with van der Waals surface area (Å²) in [4.78, 5) is 18.8. The number of piperidine rings is 1. The number of thiazole rings is 1. The normalized spacial score (nSPS) is 18.2. The van der Waals surface area contributed by atoms with Crippen molar-refractivity contribution in [2.75, 3.05) is 25.0 Å². The number of nitrogens with one attached hydrogen (secondary N) is 1. The van der Waals surface area contributed by atoms with Gasteiger partial charge in [-0.3, -0.25) is 9.69 Å². The Morgan fingerprint density at radius 3 is 2.91 bits per heavy atom. The molecule has 2 N–H and O–H groups in total. The zero-order valence-electron chi connectivity index (χ0n) is 13.6. The molecule has 1 amide bonds. The minimum atomic E-state index is -0.253. The molecule has 2 aromatic rings. The first-order chi connectivity index (χ1) is 11.0. The van der Waals surface area contributed by atoms with Gasteiger partial charge in [0, 0.05) is 0 Å². The lowest BCUT2D eigenvalue weighted by Crippen LogP contribution is -2.41. The van der Waals surface area contributed by atoms with Gasteiger partial charge in [0.05, 0.1) is 22.9 Å². The van der Waals surface area contributed by atoms with Crippen molar-refractivity contribution >= 4 is 32.6 Å². The van der Waals surface area contributed by atoms with Crippen LogP contribution in [0.2, 0.25) is 0 Å². The van der Waals surface area contributed by atoms with Crippen molar-refractivity contribution in [1.82, 2.24) is 9.88 Å². The second-order valence-electron chi connectivity index (χ2n) is 6.39. The van der Waals surface area contributed by atoms with Gasteiger partial charge < -0.3 is 10.4 Å². The van der Waals surface area contributed by atoms with E-state index in [9.17, 15) is 9.90 Å². The van der Waals surface area contributed by atoms with Gasteiger partial charge in [-0.25, -0.2) is 4.98 Å². The average molecular weight is 333 g/mol. The molecule has 5 nitrogen and oxygen atoms in total. The summed E-state index contributed by atoms with van der Waals surface area (Å²) in [7, 11) is 0. The number of aromatic nitrogens is 1. The highest BCUT2D eigenvalue weighted by atomic mass is 32.1. The molecule has 0 radical (unpaired) electrons. The van der Waals surface area contributed by atoms with E-state index in [1.807, 2.05) is 26.0 Å². The Morgan fingerprint density at radius 1 is 1.48 bits per heavy atom. The van der Waals surface area contributed by atoms with Crippen molar-refractivity contribution < 1.29 is 9.90 Å². The third kappa shape index (κ3) is 4.07. The molecule has 3 rings (SSSR count). The summed E-state index contributed by atoms with van der Waals surface area (Å²) in [5.74, 6) is 0.345. The smallest absolute Gasteiger partial charge is 0.240 e. The van der Waals surface area contributed by atoms with E-state index in [1.165, 1.54) is 16.9 Å². The second-order valence-corrected chi connectivity index (χ2v) is 7.42. The molecule has 1 unspecified atom stereocenters. The van der Waals surface area contributed by atoms with Crippen LogP contribution >= 0.6 is 11.3 Å². The summed E-state index contributed by atoms with van der Waals surface area (Å²) in [6.45, 7) is 6.02. The number of hydrogen-bond acceptors (Lipinski definition) is 5. The number of rotatable bonds is 4. The van der Waals surface area contributed by atoms with Gasteiger partial charge in [0.2, 0.25) is 5.91 Å². The standard InChI is InChI=1S/C17H23N3O2S/c1-11-3-4-14-15(9-11)23-17(18-14)19-16(22)10-20-7-5-13(6-8-20)12(2)21/h3-4,9,12-13,21H,5-8,10H2,1-2H3,(H,18,19,22). The second kappa shape index (κ2) is 6.95. The highest BCUT2D eigenvalue weighted by Gasteiger charge is 2.23. The fourth-order valence-electron chi connectivity index (χ4n) is 3.04. The molecule has 1 aromatic carbocycles. The van der Waals surface area contributed by atoms with Gasteiger partial charge in [-0.15, -0.1) is 0 Å². The molecular weight excluding hydrogens is 310 g/mol. The predicted octanol–water partition coefficient (Wildman–Crippen LogP) is 2.64. The molecule has 0 aliphatic carbocycles. The minimum absolute atomic E-state index is 0.0173. The van der Waals surface area contributed by atoms with Crippen molar-refractivity contribution in [3.63, 3.8) is 0 Å². The lowest BCUT2D eigenvalue weighted by molar-refractivity contribution is -0.117. The van der Waals surface area contributed by atoms with Crippen LogP contribution in [-0.4, -0.2) is 46.6 Å². The molecule has 6 heteroatoms. The number of fused-ring (bicyclic) bond motifs is 1. The van der Waals surface area contributed by atoms with E-state index >= 15 is 0 Å². The zero-order valence-corrected chi connectivity index (χ0v) is 14.4. The summed E-state index contributed by atoms with van der Waals surface area (Å²) in [6, 6.07) is 6.10. The van der Waals surface area contributed by atoms with Crippen LogP contribution in [0, 0.1) is 12.8 Å². The number of likely N-dealkylation sites (tertiary alicyclic amines) is 1. The maximum Gasteiger partial charge on any atom is 0.240 e. The first-order valence-corrected chi connectivity index (χ1v) is 8.90. The number of hydrogen-bond donors (Lipinski definition) is 2. The van der Waals surface area contributed by atoms with Gasteiger partial charge in [-0.1, -0.05) is 17.4 Å². The van der Waals surface area contributed by atoms with Crippen LogP contribution in [0.4, 0.5) is 5.13 Å². The summed E-state index contributed by atoms with van der Waals surface area (Å²) in [5.41, 5.74) is 2.12. The fraction of sp³-hybridized carbons (Fsp3) is 0.529. The van der Waals surface area contributed by atoms with E-state index in [1.54, 1.807) is 0 Å². The molecule has 23 heavy (non-hydrogen) atoms. The Hall–Kier alpha value is -1.50. The molecule has 1 aromatic heterocycles. The number of aryl methyl sites for hydroxylation is 1. The molecule has 0 spiro atoms. The Bertz CT molecular complexity index is 690. The van der Waals surface area contributed by atoms with E-state index in [0.717, 1.165) is 36.1 Å². The number of carbonyl (C=O) groups excluding carboxylic acids is 1. The minimum Gasteiger partial charge on any atom is -0.393 e. The number of benzene rings is 1. The molecule has 124 valence electrons. The first-order valence-electron chi connectivity index (χ1n) is 8.09. The van der Waals surface area contributed by atoms with Crippen LogP contribution in [0.3, 0.4) is 0 Å². The van der Waals surface area contributed by atoms with Crippen LogP contribution in [-0.2, 0) is 4.79 Å². The molecule has 1 aliphatic rings. The summed E-state index contributed by atoms with van der Waals surface area (Å²) < 4.78 is 1.10. The number of nitrogens with zero attached hydrogens (tertiary/aromatic N) is 2. The molecule has 1 saturated heterocycles. The average Bonchev–Trinajstić information content (AvgIpc) is 2.88. The van der Waals surface area contributed by atoms with Gasteiger partial charge in [-0.2, -0.15) is 0 Å². The van der Waals surface area contributed by atoms with Gasteiger partial charge in [-0.05, 0) is 63.4 Å². The van der Waals surface area contributed by atoms with Crippen molar-refractivity contribution in [2.24, 2.45) is 5.92 Å². The predicted molar refractivity (Wildman–Crippen MR) is 93.8 cm³/mol. The van der Waals surface area contributed by atoms with Crippen LogP contribution < -0.4 is 5.32 Å². The van der Waals surface area contributed by atoms with E-state index in [2.05, 4.69) is 21.3 Å². The number of aliphatic hydroxyl groups is 1. The zero-order chi connectivity index (χ0) is 16.4. The third-order valence-corrected chi connectivity index (χ3v) is 5.41. The SMILES string of the molecule is Cc1ccc2nc(NC(=O)CN3CCC(C(C)O)CC3)sc2c1. The quantitative estimate of drug-likeness (QED) is 0.903. The highest BCUT2D eigenvalue weighted by Crippen LogP contribution is 2.26. The van der Waals surface area contributed by atoms with E-state index in [0.29, 0.717) is 17.6 Å². The molecular formula is C17H23N3O2S. The van der Waals surface area contributed by atoms with E-state index in [-0.39, 0.29) is 12.0 Å². The number of aliphatic hydroxyl groups excluding tert-OH is 1. The Morgan fingerprint density at radius 2 is 2.22 bits per heavy atom. The van der Waals surface area contributed by atoms with Crippen molar-refractivity contribution in [3.8, 4) is 0 Å². The van der Waals surface area contributed by atoms with Gasteiger partial charge >= 0.3 is 0 Å². The Labute approximate surface area is 140 Å². The molecule has 2 heterocycles. The first kappa shape index (κ1) is 16.4. The van der Waals surface area contributed by atoms with Crippen molar-refractivity contribution in [2.45, 2.75) is 32.8 Å². The maximum atomic E-state index is 12.2. The topological polar surface area (TPSA) is 65.5 Å². The molecule has 1 atom stereocenters. The van der Waals surface area contributed by atoms with E-state index < -0.39 is 0 Å². The lowest BCUT2D eigenvalue weighted by atomic mass is 9.92. The maximum absolute atomic E-state index is 12.2.